The van der Waals surface area contributed by atoms with E-state index in [1.165, 1.54) is 37.9 Å². The van der Waals surface area contributed by atoms with Gasteiger partial charge in [0.2, 0.25) is 11.8 Å². The number of aromatic nitrogens is 2. The number of anilines is 1. The van der Waals surface area contributed by atoms with Gasteiger partial charge in [0.15, 0.2) is 23.0 Å². The van der Waals surface area contributed by atoms with Gasteiger partial charge in [0, 0.05) is 99.3 Å². The smallest absolute Gasteiger partial charge is 0.329 e. The minimum absolute atomic E-state index is 0.0151. The Morgan fingerprint density at radius 3 is 2.35 bits per heavy atom. The number of fused-ring (bicyclic) bond motifs is 2. The highest BCUT2D eigenvalue weighted by Crippen LogP contribution is 2.56. The first-order valence-electron chi connectivity index (χ1n) is 25.5. The van der Waals surface area contributed by atoms with Gasteiger partial charge in [0.25, 0.3) is 5.91 Å². The van der Waals surface area contributed by atoms with Crippen LogP contribution in [-0.2, 0) is 22.2 Å². The van der Waals surface area contributed by atoms with E-state index in [-0.39, 0.29) is 63.4 Å². The summed E-state index contributed by atoms with van der Waals surface area (Å²) in [4.78, 5) is 57.7. The zero-order chi connectivity index (χ0) is 50.4. The van der Waals surface area contributed by atoms with Gasteiger partial charge < -0.3 is 29.9 Å². The summed E-state index contributed by atoms with van der Waals surface area (Å²) in [7, 11) is 4.67. The van der Waals surface area contributed by atoms with Crippen molar-refractivity contribution < 1.29 is 37.4 Å². The van der Waals surface area contributed by atoms with Crippen LogP contribution in [0.1, 0.15) is 104 Å². The number of carbonyl (C=O) groups is 4. The molecule has 17 heteroatoms. The largest absolute Gasteiger partial charge is 0.494 e. The van der Waals surface area contributed by atoms with E-state index in [1.807, 2.05) is 49.0 Å². The number of hydrogen-bond acceptors (Lipinski definition) is 9. The van der Waals surface area contributed by atoms with Crippen molar-refractivity contribution in [1.29, 1.82) is 0 Å². The monoisotopic (exact) mass is 1000 g/mol. The molecule has 14 nitrogen and oxygen atoms in total. The van der Waals surface area contributed by atoms with E-state index in [9.17, 15) is 19.2 Å². The first kappa shape index (κ1) is 49.5. The number of urea groups is 1. The van der Waals surface area contributed by atoms with Crippen LogP contribution in [0.5, 0.6) is 11.5 Å². The van der Waals surface area contributed by atoms with Crippen molar-refractivity contribution in [1.82, 2.24) is 35.5 Å². The van der Waals surface area contributed by atoms with Crippen LogP contribution < -0.4 is 30.3 Å². The molecule has 5 aliphatic rings. The number of nitrogens with zero attached hydrogens (tertiary/aromatic N) is 5. The van der Waals surface area contributed by atoms with E-state index in [0.717, 1.165) is 101 Å². The topological polar surface area (TPSA) is 150 Å². The van der Waals surface area contributed by atoms with Crippen molar-refractivity contribution in [3.8, 4) is 22.6 Å². The van der Waals surface area contributed by atoms with Gasteiger partial charge >= 0.3 is 6.03 Å². The van der Waals surface area contributed by atoms with Crippen LogP contribution in [0.25, 0.3) is 22.0 Å². The lowest BCUT2D eigenvalue weighted by molar-refractivity contribution is -0.138. The molecule has 5 heterocycles. The number of carbonyl (C=O) groups excluding carboxylic acids is 4. The van der Waals surface area contributed by atoms with Crippen molar-refractivity contribution in [2.75, 3.05) is 64.9 Å². The first-order chi connectivity index (χ1) is 34.8. The fraction of sp³-hybridized carbons (Fsp3) is 0.473. The Morgan fingerprint density at radius 1 is 0.917 bits per heavy atom. The lowest BCUT2D eigenvalue weighted by atomic mass is 9.77. The Labute approximate surface area is 423 Å². The molecule has 4 fully saturated rings. The molecule has 2 unspecified atom stereocenters. The fourth-order valence-corrected chi connectivity index (χ4v) is 12.5. The van der Waals surface area contributed by atoms with Gasteiger partial charge in [-0.3, -0.25) is 29.3 Å². The normalized spacial score (nSPS) is 23.2. The van der Waals surface area contributed by atoms with E-state index in [2.05, 4.69) is 49.0 Å². The van der Waals surface area contributed by atoms with Crippen LogP contribution in [-0.4, -0.2) is 109 Å². The third kappa shape index (κ3) is 9.19. The molecule has 3 N–H and O–H groups in total. The van der Waals surface area contributed by atoms with Gasteiger partial charge in [-0.2, -0.15) is 5.10 Å². The lowest BCUT2D eigenvalue weighted by Gasteiger charge is -2.40. The molecule has 1 saturated carbocycles. The molecule has 380 valence electrons. The molecule has 5 amide bonds. The number of aryl methyl sites for hydroxylation is 1. The molecular weight excluding hydrogens is 942 g/mol. The molecule has 0 radical (unpaired) electrons. The van der Waals surface area contributed by atoms with Gasteiger partial charge in [0.05, 0.1) is 23.2 Å². The van der Waals surface area contributed by atoms with Crippen LogP contribution in [0.4, 0.5) is 19.4 Å². The van der Waals surface area contributed by atoms with Crippen molar-refractivity contribution in [2.24, 2.45) is 18.9 Å². The zero-order valence-corrected chi connectivity index (χ0v) is 42.1. The number of methoxy groups -OCH3 is 1. The Morgan fingerprint density at radius 2 is 1.65 bits per heavy atom. The number of ether oxygens (including phenoxy) is 2. The van der Waals surface area contributed by atoms with Gasteiger partial charge in [-0.05, 0) is 112 Å². The molecule has 5 aromatic rings. The summed E-state index contributed by atoms with van der Waals surface area (Å²) in [5, 5.41) is 14.0. The summed E-state index contributed by atoms with van der Waals surface area (Å²) >= 11 is 6.77. The SMILES string of the molecule is CNC(=O)c1ccc(OC)c(F)c1-c1c(Cl)c(F)cc2c1C(C)C(CNC1CCC(C(=O)N3CCC(CN4CCC(c5ccc6c(N7CCC(=O)NC7=O)nn(C)c6c5)CC4)CC3)CC1)(c1ccccc1)O2. The molecule has 4 aromatic carbocycles. The Hall–Kier alpha value is -6.10. The highest BCUT2D eigenvalue weighted by molar-refractivity contribution is 6.34. The summed E-state index contributed by atoms with van der Waals surface area (Å²) < 4.78 is 46.3. The Kier molecular flexibility index (Phi) is 14.0. The van der Waals surface area contributed by atoms with Gasteiger partial charge in [-0.1, -0.05) is 54.9 Å². The number of hydrogen-bond donors (Lipinski definition) is 3. The van der Waals surface area contributed by atoms with E-state index < -0.39 is 35.1 Å². The Balaban J connectivity index is 0.730. The third-order valence-corrected chi connectivity index (χ3v) is 16.7. The Bertz CT molecular complexity index is 2890. The number of benzene rings is 4. The zero-order valence-electron chi connectivity index (χ0n) is 41.4. The fourth-order valence-electron chi connectivity index (χ4n) is 12.2. The maximum atomic E-state index is 16.4. The molecule has 2 atom stereocenters. The molecule has 4 aliphatic heterocycles. The summed E-state index contributed by atoms with van der Waals surface area (Å²) in [6.45, 7) is 7.29. The second kappa shape index (κ2) is 20.4. The quantitative estimate of drug-likeness (QED) is 0.112. The van der Waals surface area contributed by atoms with Gasteiger partial charge in [0.1, 0.15) is 11.6 Å². The van der Waals surface area contributed by atoms with E-state index in [4.69, 9.17) is 21.1 Å². The number of rotatable bonds is 12. The molecule has 0 bridgehead atoms. The molecule has 3 saturated heterocycles. The second-order valence-electron chi connectivity index (χ2n) is 20.4. The average molecular weight is 1010 g/mol. The summed E-state index contributed by atoms with van der Waals surface area (Å²) in [5.74, 6) is -1.03. The highest BCUT2D eigenvalue weighted by Gasteiger charge is 2.50. The second-order valence-corrected chi connectivity index (χ2v) is 20.8. The minimum Gasteiger partial charge on any atom is -0.494 e. The van der Waals surface area contributed by atoms with E-state index in [0.29, 0.717) is 36.3 Å². The number of likely N-dealkylation sites (tertiary alicyclic amines) is 2. The maximum absolute atomic E-state index is 16.4. The summed E-state index contributed by atoms with van der Waals surface area (Å²) in [6, 6.07) is 19.9. The van der Waals surface area contributed by atoms with Crippen molar-refractivity contribution in [3.63, 3.8) is 0 Å². The predicted molar refractivity (Wildman–Crippen MR) is 272 cm³/mol. The van der Waals surface area contributed by atoms with Crippen molar-refractivity contribution in [3.05, 3.63) is 106 Å². The van der Waals surface area contributed by atoms with Crippen molar-refractivity contribution in [2.45, 2.75) is 88.2 Å². The molecule has 10 rings (SSSR count). The molecule has 1 aliphatic carbocycles. The molecule has 72 heavy (non-hydrogen) atoms. The number of halogens is 3. The lowest BCUT2D eigenvalue weighted by Crippen LogP contribution is -2.49. The predicted octanol–water partition coefficient (Wildman–Crippen LogP) is 8.64. The molecule has 1 aromatic heterocycles. The standard InChI is InChI=1S/C55H63ClF2N8O6/c1-32-46-44(29-41(57)49(56)48(46)47-40(52(68)59-2)16-17-43(71-4)50(47)58)72-55(32,37-8-6-5-7-9-37)31-60-38-13-10-35(11-14-38)53(69)65-25-18-33(19-26-65)30-64-23-20-34(21-24-64)36-12-15-39-42(28-36)63(3)62-51(39)66-27-22-45(67)61-54(66)70/h5-9,12,15-17,28-29,32-35,38,60H,10-11,13-14,18-27,30-31H2,1-4H3,(H,59,68)(H,61,67,70). The third-order valence-electron chi connectivity index (χ3n) is 16.4. The maximum Gasteiger partial charge on any atom is 0.329 e. The summed E-state index contributed by atoms with van der Waals surface area (Å²) in [5.41, 5.74) is 2.42. The minimum atomic E-state index is -1.05. The van der Waals surface area contributed by atoms with Crippen LogP contribution >= 0.6 is 11.6 Å². The number of nitrogens with one attached hydrogen (secondary N) is 3. The number of imide groups is 1. The van der Waals surface area contributed by atoms with Crippen molar-refractivity contribution >= 4 is 52.1 Å². The van der Waals surface area contributed by atoms with E-state index in [1.54, 1.807) is 4.90 Å². The first-order valence-corrected chi connectivity index (χ1v) is 25.8. The van der Waals surface area contributed by atoms with Crippen LogP contribution in [0.3, 0.4) is 0 Å². The van der Waals surface area contributed by atoms with Crippen LogP contribution in [0.2, 0.25) is 5.02 Å². The number of amides is 5. The van der Waals surface area contributed by atoms with Crippen LogP contribution in [0, 0.1) is 23.5 Å². The van der Waals surface area contributed by atoms with E-state index >= 15 is 8.78 Å². The van der Waals surface area contributed by atoms with Crippen LogP contribution in [0.15, 0.2) is 66.7 Å². The summed E-state index contributed by atoms with van der Waals surface area (Å²) in [6.07, 6.45) is 7.55. The number of piperidine rings is 2. The molecular formula is C55H63ClF2N8O6. The van der Waals surface area contributed by atoms with Gasteiger partial charge in [-0.25, -0.2) is 13.6 Å². The highest BCUT2D eigenvalue weighted by atomic mass is 35.5. The molecule has 0 spiro atoms. The van der Waals surface area contributed by atoms with Gasteiger partial charge in [-0.15, -0.1) is 0 Å². The average Bonchev–Trinajstić information content (AvgIpc) is 3.88.